The number of aliphatic carboxylic acids is 1. The molecule has 52 valence electrons. The van der Waals surface area contributed by atoms with Crippen LogP contribution >= 0.6 is 0 Å². The van der Waals surface area contributed by atoms with E-state index in [0.717, 1.165) is 6.42 Å². The zero-order valence-electron chi connectivity index (χ0n) is 5.42. The van der Waals surface area contributed by atoms with Crippen LogP contribution < -0.4 is 5.73 Å². The van der Waals surface area contributed by atoms with Crippen molar-refractivity contribution in [2.24, 2.45) is 11.7 Å². The van der Waals surface area contributed by atoms with Crippen molar-refractivity contribution in [3.05, 3.63) is 0 Å². The molecule has 3 heteroatoms. The second-order valence-corrected chi connectivity index (χ2v) is 2.65. The lowest BCUT2D eigenvalue weighted by Crippen LogP contribution is -2.34. The number of carboxylic acid groups (broad SMARTS) is 1. The predicted octanol–water partition coefficient (Wildman–Crippen LogP) is 0.198. The standard InChI is InChI=1S/C6H11NO2/c1-2-4-3-6(4,7)5(8)9/h4H,2-3,7H2,1H3,(H,8,9)/t4-,6?/m0/s1. The number of nitrogens with two attached hydrogens (primary N) is 1. The Morgan fingerprint density at radius 2 is 2.56 bits per heavy atom. The van der Waals surface area contributed by atoms with Crippen LogP contribution in [0.1, 0.15) is 19.8 Å². The molecule has 3 nitrogen and oxygen atoms in total. The van der Waals surface area contributed by atoms with Crippen molar-refractivity contribution in [2.45, 2.75) is 25.3 Å². The molecule has 0 heterocycles. The van der Waals surface area contributed by atoms with Gasteiger partial charge in [-0.05, 0) is 12.3 Å². The fraction of sp³-hybridized carbons (Fsp3) is 0.833. The normalized spacial score (nSPS) is 40.4. The van der Waals surface area contributed by atoms with Gasteiger partial charge in [0.15, 0.2) is 0 Å². The van der Waals surface area contributed by atoms with E-state index in [1.807, 2.05) is 6.92 Å². The van der Waals surface area contributed by atoms with Crippen LogP contribution in [0.5, 0.6) is 0 Å². The van der Waals surface area contributed by atoms with Crippen molar-refractivity contribution < 1.29 is 9.90 Å². The van der Waals surface area contributed by atoms with Crippen LogP contribution in [0.2, 0.25) is 0 Å². The Morgan fingerprint density at radius 3 is 2.67 bits per heavy atom. The van der Waals surface area contributed by atoms with E-state index in [4.69, 9.17) is 10.8 Å². The van der Waals surface area contributed by atoms with E-state index in [2.05, 4.69) is 0 Å². The maximum absolute atomic E-state index is 10.3. The van der Waals surface area contributed by atoms with E-state index < -0.39 is 11.5 Å². The average molecular weight is 129 g/mol. The molecule has 0 aromatic carbocycles. The topological polar surface area (TPSA) is 63.3 Å². The first-order chi connectivity index (χ1) is 4.11. The molecule has 1 aliphatic rings. The van der Waals surface area contributed by atoms with Crippen LogP contribution in [0.15, 0.2) is 0 Å². The monoisotopic (exact) mass is 129 g/mol. The minimum Gasteiger partial charge on any atom is -0.480 e. The molecule has 1 rings (SSSR count). The Kier molecular flexibility index (Phi) is 1.24. The second kappa shape index (κ2) is 1.70. The molecule has 1 aliphatic carbocycles. The fourth-order valence-corrected chi connectivity index (χ4v) is 1.12. The van der Waals surface area contributed by atoms with Crippen LogP contribution in [0, 0.1) is 5.92 Å². The van der Waals surface area contributed by atoms with Gasteiger partial charge in [-0.2, -0.15) is 0 Å². The summed E-state index contributed by atoms with van der Waals surface area (Å²) in [5.74, 6) is -0.635. The van der Waals surface area contributed by atoms with Crippen molar-refractivity contribution in [1.29, 1.82) is 0 Å². The van der Waals surface area contributed by atoms with E-state index in [0.29, 0.717) is 6.42 Å². The third kappa shape index (κ3) is 0.812. The molecule has 0 radical (unpaired) electrons. The highest BCUT2D eigenvalue weighted by molar-refractivity contribution is 5.82. The molecule has 0 aromatic rings. The zero-order valence-corrected chi connectivity index (χ0v) is 5.42. The summed E-state index contributed by atoms with van der Waals surface area (Å²) in [6, 6.07) is 0. The first kappa shape index (κ1) is 6.55. The average Bonchev–Trinajstić information content (AvgIpc) is 2.44. The van der Waals surface area contributed by atoms with E-state index >= 15 is 0 Å². The van der Waals surface area contributed by atoms with E-state index in [1.165, 1.54) is 0 Å². The Balaban J connectivity index is 2.52. The van der Waals surface area contributed by atoms with Crippen molar-refractivity contribution in [1.82, 2.24) is 0 Å². The second-order valence-electron chi connectivity index (χ2n) is 2.65. The van der Waals surface area contributed by atoms with Gasteiger partial charge in [0.1, 0.15) is 5.54 Å². The van der Waals surface area contributed by atoms with Crippen molar-refractivity contribution in [2.75, 3.05) is 0 Å². The quantitative estimate of drug-likeness (QED) is 0.559. The van der Waals surface area contributed by atoms with Gasteiger partial charge in [-0.25, -0.2) is 0 Å². The summed E-state index contributed by atoms with van der Waals surface area (Å²) in [5.41, 5.74) is 4.58. The smallest absolute Gasteiger partial charge is 0.323 e. The zero-order chi connectivity index (χ0) is 7.07. The lowest BCUT2D eigenvalue weighted by molar-refractivity contribution is -0.140. The highest BCUT2D eigenvalue weighted by atomic mass is 16.4. The molecule has 0 bridgehead atoms. The molecule has 0 saturated heterocycles. The first-order valence-corrected chi connectivity index (χ1v) is 3.13. The summed E-state index contributed by atoms with van der Waals surface area (Å²) in [6.45, 7) is 1.96. The molecule has 1 fully saturated rings. The van der Waals surface area contributed by atoms with Gasteiger partial charge < -0.3 is 10.8 Å². The number of carbonyl (C=O) groups is 1. The number of carboxylic acids is 1. The van der Waals surface area contributed by atoms with Gasteiger partial charge in [-0.3, -0.25) is 4.79 Å². The van der Waals surface area contributed by atoms with Gasteiger partial charge in [-0.15, -0.1) is 0 Å². The molecule has 3 N–H and O–H groups in total. The molecule has 0 spiro atoms. The van der Waals surface area contributed by atoms with E-state index in [9.17, 15) is 4.79 Å². The SMILES string of the molecule is CC[C@H]1CC1(N)C(=O)O. The van der Waals surface area contributed by atoms with E-state index in [-0.39, 0.29) is 5.92 Å². The van der Waals surface area contributed by atoms with Crippen LogP contribution in [0.25, 0.3) is 0 Å². The molecule has 0 aromatic heterocycles. The Morgan fingerprint density at radius 1 is 2.00 bits per heavy atom. The largest absolute Gasteiger partial charge is 0.480 e. The molecular formula is C6H11NO2. The first-order valence-electron chi connectivity index (χ1n) is 3.13. The third-order valence-electron chi connectivity index (χ3n) is 2.04. The maximum Gasteiger partial charge on any atom is 0.323 e. The molecule has 0 amide bonds. The Hall–Kier alpha value is -0.570. The van der Waals surface area contributed by atoms with Gasteiger partial charge in [0.2, 0.25) is 0 Å². The number of hydrogen-bond donors (Lipinski definition) is 2. The van der Waals surface area contributed by atoms with Gasteiger partial charge in [0.25, 0.3) is 0 Å². The minimum absolute atomic E-state index is 0.218. The minimum atomic E-state index is -0.866. The summed E-state index contributed by atoms with van der Waals surface area (Å²) < 4.78 is 0. The molecule has 1 saturated carbocycles. The Labute approximate surface area is 53.9 Å². The highest BCUT2D eigenvalue weighted by Gasteiger charge is 2.56. The summed E-state index contributed by atoms with van der Waals surface area (Å²) >= 11 is 0. The van der Waals surface area contributed by atoms with Crippen molar-refractivity contribution in [3.63, 3.8) is 0 Å². The molecule has 9 heavy (non-hydrogen) atoms. The van der Waals surface area contributed by atoms with Gasteiger partial charge in [0.05, 0.1) is 0 Å². The predicted molar refractivity (Wildman–Crippen MR) is 33.0 cm³/mol. The van der Waals surface area contributed by atoms with Gasteiger partial charge >= 0.3 is 5.97 Å². The molecule has 2 atom stereocenters. The van der Waals surface area contributed by atoms with Crippen molar-refractivity contribution >= 4 is 5.97 Å². The van der Waals surface area contributed by atoms with Crippen LogP contribution in [-0.2, 0) is 4.79 Å². The van der Waals surface area contributed by atoms with Crippen LogP contribution in [-0.4, -0.2) is 16.6 Å². The van der Waals surface area contributed by atoms with Gasteiger partial charge in [-0.1, -0.05) is 13.3 Å². The highest BCUT2D eigenvalue weighted by Crippen LogP contribution is 2.43. The third-order valence-corrected chi connectivity index (χ3v) is 2.04. The van der Waals surface area contributed by atoms with E-state index in [1.54, 1.807) is 0 Å². The number of rotatable bonds is 2. The lowest BCUT2D eigenvalue weighted by Gasteiger charge is -2.01. The summed E-state index contributed by atoms with van der Waals surface area (Å²) in [4.78, 5) is 10.3. The summed E-state index contributed by atoms with van der Waals surface area (Å²) in [6.07, 6.45) is 1.53. The van der Waals surface area contributed by atoms with Gasteiger partial charge in [0, 0.05) is 0 Å². The summed E-state index contributed by atoms with van der Waals surface area (Å²) in [7, 11) is 0. The number of hydrogen-bond acceptors (Lipinski definition) is 2. The fourth-order valence-electron chi connectivity index (χ4n) is 1.12. The molecule has 0 aliphatic heterocycles. The molecular weight excluding hydrogens is 118 g/mol. The summed E-state index contributed by atoms with van der Waals surface area (Å²) in [5, 5.41) is 8.49. The maximum atomic E-state index is 10.3. The Bertz CT molecular complexity index is 146. The van der Waals surface area contributed by atoms with Crippen molar-refractivity contribution in [3.8, 4) is 0 Å². The van der Waals surface area contributed by atoms with Crippen LogP contribution in [0.3, 0.4) is 0 Å². The van der Waals surface area contributed by atoms with Crippen LogP contribution in [0.4, 0.5) is 0 Å². The molecule has 1 unspecified atom stereocenters. The lowest BCUT2D eigenvalue weighted by atomic mass is 10.2.